The highest BCUT2D eigenvalue weighted by atomic mass is 16.5. The second kappa shape index (κ2) is 4.22. The van der Waals surface area contributed by atoms with Crippen LogP contribution in [0, 0.1) is 0 Å². The van der Waals surface area contributed by atoms with Crippen LogP contribution >= 0.6 is 0 Å². The molecule has 0 amide bonds. The molecule has 0 saturated carbocycles. The molecule has 2 nitrogen and oxygen atoms in total. The normalized spacial score (nSPS) is 10.5. The number of nitrogens with two attached hydrogens (primary N) is 1. The molecule has 0 atom stereocenters. The van der Waals surface area contributed by atoms with Crippen molar-refractivity contribution < 1.29 is 4.74 Å². The van der Waals surface area contributed by atoms with Crippen molar-refractivity contribution in [1.82, 2.24) is 0 Å². The van der Waals surface area contributed by atoms with E-state index in [1.54, 1.807) is 0 Å². The molecule has 0 aliphatic rings. The van der Waals surface area contributed by atoms with Gasteiger partial charge in [0, 0.05) is 16.5 Å². The lowest BCUT2D eigenvalue weighted by atomic mass is 10.1. The number of hydrogen-bond acceptors (Lipinski definition) is 2. The molecule has 2 heteroatoms. The Kier molecular flexibility index (Phi) is 2.77. The van der Waals surface area contributed by atoms with E-state index in [9.17, 15) is 0 Å². The SMILES string of the molecule is CCCOc1ccc(N)c2ccccc12. The number of anilines is 1. The van der Waals surface area contributed by atoms with E-state index < -0.39 is 0 Å². The largest absolute Gasteiger partial charge is 0.493 e. The number of fused-ring (bicyclic) bond motifs is 1. The molecule has 0 aromatic heterocycles. The van der Waals surface area contributed by atoms with E-state index in [1.165, 1.54) is 0 Å². The minimum Gasteiger partial charge on any atom is -0.493 e. The molecule has 15 heavy (non-hydrogen) atoms. The topological polar surface area (TPSA) is 35.2 Å². The van der Waals surface area contributed by atoms with Crippen LogP contribution in [0.25, 0.3) is 10.8 Å². The number of rotatable bonds is 3. The Hall–Kier alpha value is -1.70. The van der Waals surface area contributed by atoms with Gasteiger partial charge in [-0.15, -0.1) is 0 Å². The first kappa shape index (κ1) is 9.84. The Labute approximate surface area is 89.7 Å². The van der Waals surface area contributed by atoms with Crippen LogP contribution in [0.5, 0.6) is 5.75 Å². The van der Waals surface area contributed by atoms with E-state index in [4.69, 9.17) is 10.5 Å². The average molecular weight is 201 g/mol. The van der Waals surface area contributed by atoms with Gasteiger partial charge < -0.3 is 10.5 Å². The maximum Gasteiger partial charge on any atom is 0.127 e. The first-order valence-electron chi connectivity index (χ1n) is 5.23. The quantitative estimate of drug-likeness (QED) is 0.774. The summed E-state index contributed by atoms with van der Waals surface area (Å²) in [6, 6.07) is 11.9. The van der Waals surface area contributed by atoms with Gasteiger partial charge in [-0.25, -0.2) is 0 Å². The summed E-state index contributed by atoms with van der Waals surface area (Å²) in [6.45, 7) is 2.84. The molecule has 2 N–H and O–H groups in total. The van der Waals surface area contributed by atoms with Crippen molar-refractivity contribution in [2.24, 2.45) is 0 Å². The Bertz CT molecular complexity index is 465. The van der Waals surface area contributed by atoms with Crippen molar-refractivity contribution in [2.75, 3.05) is 12.3 Å². The van der Waals surface area contributed by atoms with Crippen molar-refractivity contribution >= 4 is 16.5 Å². The zero-order chi connectivity index (χ0) is 10.7. The van der Waals surface area contributed by atoms with E-state index in [2.05, 4.69) is 6.92 Å². The molecule has 0 unspecified atom stereocenters. The van der Waals surface area contributed by atoms with Crippen molar-refractivity contribution in [3.05, 3.63) is 36.4 Å². The van der Waals surface area contributed by atoms with Gasteiger partial charge in [-0.3, -0.25) is 0 Å². The van der Waals surface area contributed by atoms with E-state index in [1.807, 2.05) is 36.4 Å². The summed E-state index contributed by atoms with van der Waals surface area (Å²) in [7, 11) is 0. The van der Waals surface area contributed by atoms with Gasteiger partial charge in [-0.1, -0.05) is 31.2 Å². The fraction of sp³-hybridized carbons (Fsp3) is 0.231. The molecule has 2 aromatic rings. The molecular formula is C13H15NO. The number of hydrogen-bond donors (Lipinski definition) is 1. The van der Waals surface area contributed by atoms with Crippen molar-refractivity contribution in [3.8, 4) is 5.75 Å². The second-order valence-electron chi connectivity index (χ2n) is 3.55. The minimum atomic E-state index is 0.744. The maximum atomic E-state index is 5.90. The highest BCUT2D eigenvalue weighted by Gasteiger charge is 2.03. The van der Waals surface area contributed by atoms with Gasteiger partial charge in [0.15, 0.2) is 0 Å². The number of benzene rings is 2. The van der Waals surface area contributed by atoms with Crippen LogP contribution in [-0.2, 0) is 0 Å². The summed E-state index contributed by atoms with van der Waals surface area (Å²) in [5, 5.41) is 2.15. The van der Waals surface area contributed by atoms with Crippen molar-refractivity contribution in [1.29, 1.82) is 0 Å². The summed E-state index contributed by atoms with van der Waals surface area (Å²) in [5.41, 5.74) is 6.70. The van der Waals surface area contributed by atoms with Crippen molar-refractivity contribution in [2.45, 2.75) is 13.3 Å². The third-order valence-electron chi connectivity index (χ3n) is 2.38. The Morgan fingerprint density at radius 3 is 2.53 bits per heavy atom. The molecule has 78 valence electrons. The Morgan fingerprint density at radius 2 is 1.80 bits per heavy atom. The van der Waals surface area contributed by atoms with Gasteiger partial charge in [0.25, 0.3) is 0 Å². The molecule has 0 radical (unpaired) electrons. The molecule has 0 fully saturated rings. The van der Waals surface area contributed by atoms with E-state index >= 15 is 0 Å². The third kappa shape index (κ3) is 1.89. The summed E-state index contributed by atoms with van der Waals surface area (Å²) in [5.74, 6) is 0.918. The second-order valence-corrected chi connectivity index (χ2v) is 3.55. The molecule has 2 rings (SSSR count). The highest BCUT2D eigenvalue weighted by Crippen LogP contribution is 2.29. The lowest BCUT2D eigenvalue weighted by Crippen LogP contribution is -1.96. The molecule has 0 spiro atoms. The lowest BCUT2D eigenvalue weighted by Gasteiger charge is -2.09. The van der Waals surface area contributed by atoms with Gasteiger partial charge in [-0.2, -0.15) is 0 Å². The number of ether oxygens (including phenoxy) is 1. The maximum absolute atomic E-state index is 5.90. The van der Waals surface area contributed by atoms with Crippen LogP contribution < -0.4 is 10.5 Å². The Morgan fingerprint density at radius 1 is 1.07 bits per heavy atom. The summed E-state index contributed by atoms with van der Waals surface area (Å²) < 4.78 is 5.67. The average Bonchev–Trinajstić information content (AvgIpc) is 2.29. The molecule has 0 bridgehead atoms. The smallest absolute Gasteiger partial charge is 0.127 e. The van der Waals surface area contributed by atoms with Crippen LogP contribution in [0.15, 0.2) is 36.4 Å². The zero-order valence-electron chi connectivity index (χ0n) is 8.86. The molecule has 0 heterocycles. The van der Waals surface area contributed by atoms with Crippen LogP contribution in [0.3, 0.4) is 0 Å². The van der Waals surface area contributed by atoms with Crippen LogP contribution in [0.2, 0.25) is 0 Å². The van der Waals surface area contributed by atoms with E-state index in [0.717, 1.165) is 35.2 Å². The predicted octanol–water partition coefficient (Wildman–Crippen LogP) is 3.21. The fourth-order valence-corrected chi connectivity index (χ4v) is 1.63. The summed E-state index contributed by atoms with van der Waals surface area (Å²) in [6.07, 6.45) is 1.01. The van der Waals surface area contributed by atoms with Gasteiger partial charge in [0.2, 0.25) is 0 Å². The fourth-order valence-electron chi connectivity index (χ4n) is 1.63. The lowest BCUT2D eigenvalue weighted by molar-refractivity contribution is 0.321. The minimum absolute atomic E-state index is 0.744. The van der Waals surface area contributed by atoms with Gasteiger partial charge in [0.1, 0.15) is 5.75 Å². The zero-order valence-corrected chi connectivity index (χ0v) is 8.86. The van der Waals surface area contributed by atoms with Crippen LogP contribution in [0.1, 0.15) is 13.3 Å². The van der Waals surface area contributed by atoms with Crippen molar-refractivity contribution in [3.63, 3.8) is 0 Å². The highest BCUT2D eigenvalue weighted by molar-refractivity contribution is 5.96. The molecule has 0 aliphatic heterocycles. The standard InChI is InChI=1S/C13H15NO/c1-2-9-15-13-8-7-12(14)10-5-3-4-6-11(10)13/h3-8H,2,9,14H2,1H3. The van der Waals surface area contributed by atoms with Gasteiger partial charge in [-0.05, 0) is 18.6 Å². The predicted molar refractivity (Wildman–Crippen MR) is 64.1 cm³/mol. The molecule has 0 saturated heterocycles. The van der Waals surface area contributed by atoms with E-state index in [-0.39, 0.29) is 0 Å². The Balaban J connectivity index is 2.51. The third-order valence-corrected chi connectivity index (χ3v) is 2.38. The molecule has 2 aromatic carbocycles. The van der Waals surface area contributed by atoms with Gasteiger partial charge in [0.05, 0.1) is 6.61 Å². The van der Waals surface area contributed by atoms with Crippen LogP contribution in [-0.4, -0.2) is 6.61 Å². The summed E-state index contributed by atoms with van der Waals surface area (Å²) >= 11 is 0. The number of nitrogen functional groups attached to an aromatic ring is 1. The molecule has 0 aliphatic carbocycles. The van der Waals surface area contributed by atoms with Crippen LogP contribution in [0.4, 0.5) is 5.69 Å². The molecular weight excluding hydrogens is 186 g/mol. The first-order valence-corrected chi connectivity index (χ1v) is 5.23. The first-order chi connectivity index (χ1) is 7.33. The summed E-state index contributed by atoms with van der Waals surface area (Å²) in [4.78, 5) is 0. The van der Waals surface area contributed by atoms with E-state index in [0.29, 0.717) is 0 Å². The van der Waals surface area contributed by atoms with Gasteiger partial charge >= 0.3 is 0 Å². The monoisotopic (exact) mass is 201 g/mol.